The Balaban J connectivity index is 1.95. The van der Waals surface area contributed by atoms with E-state index < -0.39 is 0 Å². The number of aryl methyl sites for hydroxylation is 1. The van der Waals surface area contributed by atoms with E-state index in [1.54, 1.807) is 7.11 Å². The van der Waals surface area contributed by atoms with Gasteiger partial charge in [-0.3, -0.25) is 0 Å². The standard InChI is InChI=1S/C15H21N3O/c1-13-5-3-6-14(11-13)12-18-9-8-17-15(18)16-7-4-10-19-2/h3,5-6,8-9,11H,4,7,10,12H2,1-2H3,(H,16,17). The van der Waals surface area contributed by atoms with Crippen LogP contribution in [0.1, 0.15) is 17.5 Å². The van der Waals surface area contributed by atoms with Crippen LogP contribution >= 0.6 is 0 Å². The van der Waals surface area contributed by atoms with Gasteiger partial charge in [0.05, 0.1) is 6.54 Å². The van der Waals surface area contributed by atoms with Crippen molar-refractivity contribution < 1.29 is 4.74 Å². The van der Waals surface area contributed by atoms with Gasteiger partial charge in [0.1, 0.15) is 0 Å². The second kappa shape index (κ2) is 6.95. The van der Waals surface area contributed by atoms with Crippen molar-refractivity contribution in [2.45, 2.75) is 19.9 Å². The summed E-state index contributed by atoms with van der Waals surface area (Å²) in [5, 5.41) is 3.33. The molecule has 1 heterocycles. The van der Waals surface area contributed by atoms with Gasteiger partial charge in [0.25, 0.3) is 0 Å². The van der Waals surface area contributed by atoms with Gasteiger partial charge in [-0.05, 0) is 18.9 Å². The number of nitrogens with one attached hydrogen (secondary N) is 1. The number of hydrogen-bond acceptors (Lipinski definition) is 3. The lowest BCUT2D eigenvalue weighted by Gasteiger charge is -2.10. The number of benzene rings is 1. The number of anilines is 1. The minimum atomic E-state index is 0.769. The fourth-order valence-electron chi connectivity index (χ4n) is 2.03. The molecule has 0 amide bonds. The van der Waals surface area contributed by atoms with Gasteiger partial charge in [0.2, 0.25) is 5.95 Å². The predicted molar refractivity (Wildman–Crippen MR) is 77.5 cm³/mol. The number of imidazole rings is 1. The summed E-state index contributed by atoms with van der Waals surface area (Å²) < 4.78 is 7.16. The smallest absolute Gasteiger partial charge is 0.203 e. The van der Waals surface area contributed by atoms with Crippen LogP contribution in [0.5, 0.6) is 0 Å². The van der Waals surface area contributed by atoms with Crippen LogP contribution in [0.15, 0.2) is 36.7 Å². The predicted octanol–water partition coefficient (Wildman–Crippen LogP) is 2.69. The number of aromatic nitrogens is 2. The molecule has 4 nitrogen and oxygen atoms in total. The molecule has 0 aliphatic rings. The molecule has 1 N–H and O–H groups in total. The van der Waals surface area contributed by atoms with E-state index in [0.717, 1.165) is 32.1 Å². The van der Waals surface area contributed by atoms with E-state index in [-0.39, 0.29) is 0 Å². The summed E-state index contributed by atoms with van der Waals surface area (Å²) in [6.07, 6.45) is 4.81. The Hall–Kier alpha value is -1.81. The Labute approximate surface area is 114 Å². The van der Waals surface area contributed by atoms with Crippen LogP contribution in [0.3, 0.4) is 0 Å². The van der Waals surface area contributed by atoms with Crippen LogP contribution in [0.25, 0.3) is 0 Å². The van der Waals surface area contributed by atoms with E-state index in [1.807, 2.05) is 12.4 Å². The molecule has 0 saturated heterocycles. The first-order valence-corrected chi connectivity index (χ1v) is 6.59. The summed E-state index contributed by atoms with van der Waals surface area (Å²) in [6, 6.07) is 8.55. The first-order chi connectivity index (χ1) is 9.29. The van der Waals surface area contributed by atoms with Crippen LogP contribution < -0.4 is 5.32 Å². The monoisotopic (exact) mass is 259 g/mol. The maximum absolute atomic E-state index is 5.03. The highest BCUT2D eigenvalue weighted by atomic mass is 16.5. The molecule has 0 aliphatic carbocycles. The minimum Gasteiger partial charge on any atom is -0.385 e. The lowest BCUT2D eigenvalue weighted by Crippen LogP contribution is -2.10. The zero-order valence-corrected chi connectivity index (χ0v) is 11.6. The molecular formula is C15H21N3O. The molecule has 0 bridgehead atoms. The summed E-state index contributed by atoms with van der Waals surface area (Å²) in [4.78, 5) is 4.34. The SMILES string of the molecule is COCCCNc1nccn1Cc1cccc(C)c1. The van der Waals surface area contributed by atoms with E-state index >= 15 is 0 Å². The van der Waals surface area contributed by atoms with E-state index in [2.05, 4.69) is 46.1 Å². The Kier molecular flexibility index (Phi) is 4.98. The lowest BCUT2D eigenvalue weighted by molar-refractivity contribution is 0.197. The maximum Gasteiger partial charge on any atom is 0.203 e. The number of hydrogen-bond donors (Lipinski definition) is 1. The van der Waals surface area contributed by atoms with Crippen LogP contribution in [0.2, 0.25) is 0 Å². The van der Waals surface area contributed by atoms with Gasteiger partial charge in [-0.2, -0.15) is 0 Å². The topological polar surface area (TPSA) is 39.1 Å². The van der Waals surface area contributed by atoms with Crippen LogP contribution in [0, 0.1) is 6.92 Å². The maximum atomic E-state index is 5.03. The van der Waals surface area contributed by atoms with Gasteiger partial charge in [-0.25, -0.2) is 4.98 Å². The van der Waals surface area contributed by atoms with Crippen molar-refractivity contribution in [1.82, 2.24) is 9.55 Å². The van der Waals surface area contributed by atoms with Gasteiger partial charge >= 0.3 is 0 Å². The van der Waals surface area contributed by atoms with Crippen LogP contribution in [-0.2, 0) is 11.3 Å². The second-order valence-corrected chi connectivity index (χ2v) is 4.64. The molecule has 0 fully saturated rings. The average Bonchev–Trinajstić information content (AvgIpc) is 2.82. The number of methoxy groups -OCH3 is 1. The van der Waals surface area contributed by atoms with E-state index in [9.17, 15) is 0 Å². The molecular weight excluding hydrogens is 238 g/mol. The Bertz CT molecular complexity index is 508. The zero-order chi connectivity index (χ0) is 13.5. The van der Waals surface area contributed by atoms with Gasteiger partial charge < -0.3 is 14.6 Å². The molecule has 0 aliphatic heterocycles. The van der Waals surface area contributed by atoms with E-state index in [0.29, 0.717) is 0 Å². The molecule has 1 aromatic carbocycles. The van der Waals surface area contributed by atoms with Crippen molar-refractivity contribution >= 4 is 5.95 Å². The first kappa shape index (κ1) is 13.6. The summed E-state index contributed by atoms with van der Waals surface area (Å²) in [7, 11) is 1.72. The number of ether oxygens (including phenoxy) is 1. The molecule has 1 aromatic heterocycles. The van der Waals surface area contributed by atoms with Crippen molar-refractivity contribution in [3.8, 4) is 0 Å². The molecule has 0 saturated carbocycles. The quantitative estimate of drug-likeness (QED) is 0.777. The Morgan fingerprint density at radius 3 is 3.05 bits per heavy atom. The van der Waals surface area contributed by atoms with Crippen molar-refractivity contribution in [2.75, 3.05) is 25.6 Å². The Morgan fingerprint density at radius 2 is 2.26 bits per heavy atom. The third-order valence-electron chi connectivity index (χ3n) is 2.96. The van der Waals surface area contributed by atoms with Crippen molar-refractivity contribution in [3.05, 3.63) is 47.8 Å². The highest BCUT2D eigenvalue weighted by Crippen LogP contribution is 2.10. The minimum absolute atomic E-state index is 0.769. The molecule has 2 aromatic rings. The summed E-state index contributed by atoms with van der Waals surface area (Å²) in [5.41, 5.74) is 2.57. The van der Waals surface area contributed by atoms with Gasteiger partial charge in [-0.15, -0.1) is 0 Å². The summed E-state index contributed by atoms with van der Waals surface area (Å²) >= 11 is 0. The van der Waals surface area contributed by atoms with Crippen molar-refractivity contribution in [2.24, 2.45) is 0 Å². The molecule has 0 radical (unpaired) electrons. The molecule has 19 heavy (non-hydrogen) atoms. The fourth-order valence-corrected chi connectivity index (χ4v) is 2.03. The summed E-state index contributed by atoms with van der Waals surface area (Å²) in [5.74, 6) is 0.914. The molecule has 4 heteroatoms. The third kappa shape index (κ3) is 4.10. The molecule has 102 valence electrons. The first-order valence-electron chi connectivity index (χ1n) is 6.59. The van der Waals surface area contributed by atoms with Crippen LogP contribution in [0.4, 0.5) is 5.95 Å². The van der Waals surface area contributed by atoms with Crippen LogP contribution in [-0.4, -0.2) is 29.8 Å². The van der Waals surface area contributed by atoms with E-state index in [4.69, 9.17) is 4.74 Å². The van der Waals surface area contributed by atoms with E-state index in [1.165, 1.54) is 11.1 Å². The highest BCUT2D eigenvalue weighted by molar-refractivity contribution is 5.29. The van der Waals surface area contributed by atoms with Crippen molar-refractivity contribution in [1.29, 1.82) is 0 Å². The fraction of sp³-hybridized carbons (Fsp3) is 0.400. The summed E-state index contributed by atoms with van der Waals surface area (Å²) in [6.45, 7) is 4.60. The molecule has 0 unspecified atom stereocenters. The molecule has 0 atom stereocenters. The third-order valence-corrected chi connectivity index (χ3v) is 2.96. The Morgan fingerprint density at radius 1 is 1.37 bits per heavy atom. The zero-order valence-electron chi connectivity index (χ0n) is 11.6. The normalized spacial score (nSPS) is 10.6. The largest absolute Gasteiger partial charge is 0.385 e. The van der Waals surface area contributed by atoms with Gasteiger partial charge in [0, 0.05) is 32.7 Å². The molecule has 0 spiro atoms. The van der Waals surface area contributed by atoms with Crippen molar-refractivity contribution in [3.63, 3.8) is 0 Å². The van der Waals surface area contributed by atoms with Gasteiger partial charge in [0.15, 0.2) is 0 Å². The number of nitrogens with zero attached hydrogens (tertiary/aromatic N) is 2. The lowest BCUT2D eigenvalue weighted by atomic mass is 10.1. The van der Waals surface area contributed by atoms with Gasteiger partial charge in [-0.1, -0.05) is 29.8 Å². The second-order valence-electron chi connectivity index (χ2n) is 4.64. The average molecular weight is 259 g/mol. The molecule has 2 rings (SSSR count). The number of rotatable bonds is 7. The highest BCUT2D eigenvalue weighted by Gasteiger charge is 2.02.